The van der Waals surface area contributed by atoms with Gasteiger partial charge in [0.15, 0.2) is 5.84 Å². The fourth-order valence-corrected chi connectivity index (χ4v) is 2.74. The van der Waals surface area contributed by atoms with E-state index in [9.17, 15) is 0 Å². The van der Waals surface area contributed by atoms with Crippen molar-refractivity contribution in [3.05, 3.63) is 95.6 Å². The Morgan fingerprint density at radius 2 is 1.56 bits per heavy atom. The third-order valence-corrected chi connectivity index (χ3v) is 4.04. The van der Waals surface area contributed by atoms with Crippen LogP contribution in [0.1, 0.15) is 36.8 Å². The number of ether oxygens (including phenoxy) is 1. The predicted octanol–water partition coefficient (Wildman–Crippen LogP) is 5.79. The quantitative estimate of drug-likeness (QED) is 0.640. The molecule has 1 heterocycles. The SMILES string of the molecule is CC.Cc1ccccc1C1=NC(c2cccc(Oc3ccccc3)c2)ON1. The summed E-state index contributed by atoms with van der Waals surface area (Å²) in [5.41, 5.74) is 6.07. The number of aliphatic imine (C=N–C) groups is 1. The molecule has 1 unspecified atom stereocenters. The summed E-state index contributed by atoms with van der Waals surface area (Å²) in [5, 5.41) is 0. The average Bonchev–Trinajstić information content (AvgIpc) is 3.21. The number of nitrogens with one attached hydrogen (secondary N) is 1. The van der Waals surface area contributed by atoms with Gasteiger partial charge in [0, 0.05) is 11.1 Å². The van der Waals surface area contributed by atoms with Crippen LogP contribution in [0.15, 0.2) is 83.9 Å². The minimum Gasteiger partial charge on any atom is -0.457 e. The molecule has 4 rings (SSSR count). The molecule has 0 amide bonds. The Labute approximate surface area is 160 Å². The largest absolute Gasteiger partial charge is 0.457 e. The maximum absolute atomic E-state index is 5.88. The van der Waals surface area contributed by atoms with E-state index < -0.39 is 6.23 Å². The van der Waals surface area contributed by atoms with Crippen molar-refractivity contribution in [2.45, 2.75) is 27.0 Å². The molecule has 0 saturated carbocycles. The highest BCUT2D eigenvalue weighted by atomic mass is 16.7. The Morgan fingerprint density at radius 3 is 2.33 bits per heavy atom. The van der Waals surface area contributed by atoms with E-state index in [4.69, 9.17) is 9.57 Å². The highest BCUT2D eigenvalue weighted by molar-refractivity contribution is 6.00. The van der Waals surface area contributed by atoms with E-state index in [1.165, 1.54) is 0 Å². The van der Waals surface area contributed by atoms with E-state index in [0.29, 0.717) is 0 Å². The highest BCUT2D eigenvalue weighted by Gasteiger charge is 2.22. The second-order valence-electron chi connectivity index (χ2n) is 5.85. The Bertz CT molecular complexity index is 907. The van der Waals surface area contributed by atoms with Gasteiger partial charge in [0.2, 0.25) is 6.23 Å². The molecule has 0 spiro atoms. The minimum atomic E-state index is -0.395. The maximum Gasteiger partial charge on any atom is 0.202 e. The van der Waals surface area contributed by atoms with Crippen LogP contribution in [-0.2, 0) is 4.84 Å². The first-order chi connectivity index (χ1) is 13.3. The molecule has 27 heavy (non-hydrogen) atoms. The van der Waals surface area contributed by atoms with Crippen LogP contribution in [0.5, 0.6) is 11.5 Å². The molecular formula is C23H24N2O2. The van der Waals surface area contributed by atoms with Crippen LogP contribution in [-0.4, -0.2) is 5.84 Å². The number of aryl methyl sites for hydroxylation is 1. The summed E-state index contributed by atoms with van der Waals surface area (Å²) in [6.45, 7) is 6.06. The van der Waals surface area contributed by atoms with Crippen LogP contribution < -0.4 is 10.2 Å². The normalized spacial score (nSPS) is 15.2. The van der Waals surface area contributed by atoms with Crippen molar-refractivity contribution in [2.24, 2.45) is 4.99 Å². The minimum absolute atomic E-state index is 0.395. The Kier molecular flexibility index (Phi) is 6.23. The number of rotatable bonds is 4. The number of benzene rings is 3. The lowest BCUT2D eigenvalue weighted by atomic mass is 10.1. The monoisotopic (exact) mass is 360 g/mol. The van der Waals surface area contributed by atoms with Crippen molar-refractivity contribution in [3.63, 3.8) is 0 Å². The summed E-state index contributed by atoms with van der Waals surface area (Å²) in [6.07, 6.45) is -0.395. The summed E-state index contributed by atoms with van der Waals surface area (Å²) < 4.78 is 5.88. The molecule has 3 aromatic carbocycles. The van der Waals surface area contributed by atoms with Crippen molar-refractivity contribution in [1.29, 1.82) is 0 Å². The second-order valence-corrected chi connectivity index (χ2v) is 5.85. The molecule has 0 radical (unpaired) electrons. The molecule has 0 aromatic heterocycles. The smallest absolute Gasteiger partial charge is 0.202 e. The number of nitrogens with zero attached hydrogens (tertiary/aromatic N) is 1. The lowest BCUT2D eigenvalue weighted by molar-refractivity contribution is 0.0376. The van der Waals surface area contributed by atoms with Crippen LogP contribution in [0.25, 0.3) is 0 Å². The first kappa shape index (κ1) is 18.7. The van der Waals surface area contributed by atoms with Crippen LogP contribution >= 0.6 is 0 Å². The summed E-state index contributed by atoms with van der Waals surface area (Å²) in [5.74, 6) is 2.30. The zero-order chi connectivity index (χ0) is 19.1. The molecule has 3 aromatic rings. The summed E-state index contributed by atoms with van der Waals surface area (Å²) >= 11 is 0. The Morgan fingerprint density at radius 1 is 0.852 bits per heavy atom. The van der Waals surface area contributed by atoms with Gasteiger partial charge >= 0.3 is 0 Å². The topological polar surface area (TPSA) is 42.9 Å². The number of amidine groups is 1. The van der Waals surface area contributed by atoms with Gasteiger partial charge in [-0.05, 0) is 36.8 Å². The Hall–Kier alpha value is -3.11. The number of hydrogen-bond acceptors (Lipinski definition) is 4. The summed E-state index contributed by atoms with van der Waals surface area (Å²) in [7, 11) is 0. The highest BCUT2D eigenvalue weighted by Crippen LogP contribution is 2.28. The molecular weight excluding hydrogens is 336 g/mol. The lowest BCUT2D eigenvalue weighted by Crippen LogP contribution is -2.18. The molecule has 0 fully saturated rings. The molecule has 0 saturated heterocycles. The number of para-hydroxylation sites is 1. The summed E-state index contributed by atoms with van der Waals surface area (Å²) in [4.78, 5) is 10.3. The van der Waals surface area contributed by atoms with Crippen molar-refractivity contribution in [2.75, 3.05) is 0 Å². The van der Waals surface area contributed by atoms with Crippen LogP contribution in [0.4, 0.5) is 0 Å². The van der Waals surface area contributed by atoms with Gasteiger partial charge in [0.05, 0.1) is 0 Å². The van der Waals surface area contributed by atoms with Gasteiger partial charge in [0.25, 0.3) is 0 Å². The Balaban J connectivity index is 0.00000102. The molecule has 0 bridgehead atoms. The van der Waals surface area contributed by atoms with E-state index in [2.05, 4.69) is 23.5 Å². The third-order valence-electron chi connectivity index (χ3n) is 4.04. The first-order valence-corrected chi connectivity index (χ1v) is 9.18. The van der Waals surface area contributed by atoms with E-state index in [-0.39, 0.29) is 0 Å². The van der Waals surface area contributed by atoms with Gasteiger partial charge in [-0.2, -0.15) is 0 Å². The molecule has 4 nitrogen and oxygen atoms in total. The van der Waals surface area contributed by atoms with Gasteiger partial charge in [-0.25, -0.2) is 15.3 Å². The van der Waals surface area contributed by atoms with E-state index in [1.54, 1.807) is 0 Å². The van der Waals surface area contributed by atoms with E-state index >= 15 is 0 Å². The van der Waals surface area contributed by atoms with Crippen LogP contribution in [0.2, 0.25) is 0 Å². The van der Waals surface area contributed by atoms with Crippen molar-refractivity contribution < 1.29 is 9.57 Å². The first-order valence-electron chi connectivity index (χ1n) is 9.18. The van der Waals surface area contributed by atoms with Crippen molar-refractivity contribution >= 4 is 5.84 Å². The fourth-order valence-electron chi connectivity index (χ4n) is 2.74. The molecule has 4 heteroatoms. The molecule has 138 valence electrons. The maximum atomic E-state index is 5.88. The third kappa shape index (κ3) is 4.54. The lowest BCUT2D eigenvalue weighted by Gasteiger charge is -2.09. The van der Waals surface area contributed by atoms with Gasteiger partial charge < -0.3 is 4.74 Å². The molecule has 0 aliphatic carbocycles. The standard InChI is InChI=1S/C21H18N2O2.C2H6/c1-15-8-5-6-13-19(15)20-22-21(25-23-20)16-9-7-12-18(14-16)24-17-10-3-2-4-11-17;1-2/h2-14,21H,1H3,(H,22,23);1-2H3. The van der Waals surface area contributed by atoms with Crippen LogP contribution in [0, 0.1) is 6.92 Å². The van der Waals surface area contributed by atoms with Crippen molar-refractivity contribution in [1.82, 2.24) is 5.48 Å². The zero-order valence-electron chi connectivity index (χ0n) is 15.8. The predicted molar refractivity (Wildman–Crippen MR) is 109 cm³/mol. The van der Waals surface area contributed by atoms with Gasteiger partial charge in [0.1, 0.15) is 11.5 Å². The van der Waals surface area contributed by atoms with Gasteiger partial charge in [-0.15, -0.1) is 0 Å². The van der Waals surface area contributed by atoms with Gasteiger partial charge in [-0.1, -0.05) is 68.4 Å². The molecule has 1 aliphatic rings. The average molecular weight is 360 g/mol. The second kappa shape index (κ2) is 9.01. The molecule has 1 aliphatic heterocycles. The molecule has 1 N–H and O–H groups in total. The fraction of sp³-hybridized carbons (Fsp3) is 0.174. The van der Waals surface area contributed by atoms with Crippen molar-refractivity contribution in [3.8, 4) is 11.5 Å². The number of hydrogen-bond donors (Lipinski definition) is 1. The van der Waals surface area contributed by atoms with E-state index in [1.807, 2.05) is 86.6 Å². The summed E-state index contributed by atoms with van der Waals surface area (Å²) in [6, 6.07) is 25.6. The van der Waals surface area contributed by atoms with Crippen LogP contribution in [0.3, 0.4) is 0 Å². The van der Waals surface area contributed by atoms with Gasteiger partial charge in [-0.3, -0.25) is 0 Å². The number of hydroxylamine groups is 1. The zero-order valence-corrected chi connectivity index (χ0v) is 15.8. The molecule has 1 atom stereocenters. The van der Waals surface area contributed by atoms with E-state index in [0.717, 1.165) is 34.0 Å².